The second-order valence-corrected chi connectivity index (χ2v) is 4.15. The molecule has 0 saturated heterocycles. The number of ketones is 1. The summed E-state index contributed by atoms with van der Waals surface area (Å²) in [6, 6.07) is 14.7. The second-order valence-electron chi connectivity index (χ2n) is 4.15. The summed E-state index contributed by atoms with van der Waals surface area (Å²) in [7, 11) is 1.55. The van der Waals surface area contributed by atoms with Gasteiger partial charge in [-0.05, 0) is 18.2 Å². The third-order valence-corrected chi connectivity index (χ3v) is 3.04. The van der Waals surface area contributed by atoms with Gasteiger partial charge in [0.2, 0.25) is 5.78 Å². The number of nitrogens with zero attached hydrogens (tertiary/aromatic N) is 1. The van der Waals surface area contributed by atoms with E-state index >= 15 is 0 Å². The molecular formula is C15H12N2O2. The Morgan fingerprint density at radius 3 is 2.68 bits per heavy atom. The van der Waals surface area contributed by atoms with Crippen molar-refractivity contribution < 1.29 is 9.53 Å². The maximum absolute atomic E-state index is 12.5. The number of hydrogen-bond donors (Lipinski definition) is 1. The first-order valence-electron chi connectivity index (χ1n) is 5.92. The quantitative estimate of drug-likeness (QED) is 0.729. The molecule has 0 aliphatic heterocycles. The number of aromatic nitrogens is 2. The molecule has 0 amide bonds. The highest BCUT2D eigenvalue weighted by Gasteiger charge is 2.18. The largest absolute Gasteiger partial charge is 0.496 e. The monoisotopic (exact) mass is 252 g/mol. The molecule has 0 atom stereocenters. The minimum absolute atomic E-state index is 0.144. The minimum atomic E-state index is -0.144. The number of nitrogens with one attached hydrogen (secondary N) is 1. The standard InChI is InChI=1S/C15H12N2O2/c1-19-13-9-5-3-7-11(13)15(18)14-10-6-2-4-8-12(10)16-17-14/h2-9H,1H3,(H,16,17). The van der Waals surface area contributed by atoms with Gasteiger partial charge in [-0.1, -0.05) is 30.3 Å². The topological polar surface area (TPSA) is 55.0 Å². The van der Waals surface area contributed by atoms with Crippen LogP contribution in [0.4, 0.5) is 0 Å². The number of para-hydroxylation sites is 2. The van der Waals surface area contributed by atoms with Crippen LogP contribution in [0.3, 0.4) is 0 Å². The third-order valence-electron chi connectivity index (χ3n) is 3.04. The number of methoxy groups -OCH3 is 1. The molecule has 0 saturated carbocycles. The number of ether oxygens (including phenoxy) is 1. The van der Waals surface area contributed by atoms with Crippen molar-refractivity contribution in [3.63, 3.8) is 0 Å². The van der Waals surface area contributed by atoms with E-state index in [4.69, 9.17) is 4.74 Å². The van der Waals surface area contributed by atoms with Crippen molar-refractivity contribution in [2.75, 3.05) is 7.11 Å². The summed E-state index contributed by atoms with van der Waals surface area (Å²) in [6.07, 6.45) is 0. The number of H-pyrrole nitrogens is 1. The van der Waals surface area contributed by atoms with E-state index in [1.165, 1.54) is 0 Å². The Labute approximate surface area is 110 Å². The summed E-state index contributed by atoms with van der Waals surface area (Å²) in [5, 5.41) is 7.80. The van der Waals surface area contributed by atoms with Crippen LogP contribution in [0.2, 0.25) is 0 Å². The zero-order chi connectivity index (χ0) is 13.2. The van der Waals surface area contributed by atoms with Gasteiger partial charge in [0, 0.05) is 5.39 Å². The summed E-state index contributed by atoms with van der Waals surface area (Å²) in [4.78, 5) is 12.5. The lowest BCUT2D eigenvalue weighted by Crippen LogP contribution is -2.04. The van der Waals surface area contributed by atoms with Gasteiger partial charge < -0.3 is 4.74 Å². The van der Waals surface area contributed by atoms with Crippen LogP contribution in [-0.4, -0.2) is 23.1 Å². The molecule has 0 aliphatic carbocycles. The number of hydrogen-bond acceptors (Lipinski definition) is 3. The Morgan fingerprint density at radius 1 is 1.11 bits per heavy atom. The highest BCUT2D eigenvalue weighted by atomic mass is 16.5. The molecule has 3 rings (SSSR count). The molecule has 0 unspecified atom stereocenters. The second kappa shape index (κ2) is 4.57. The maximum Gasteiger partial charge on any atom is 0.217 e. The smallest absolute Gasteiger partial charge is 0.217 e. The van der Waals surface area contributed by atoms with Gasteiger partial charge >= 0.3 is 0 Å². The van der Waals surface area contributed by atoms with E-state index in [0.717, 1.165) is 10.9 Å². The van der Waals surface area contributed by atoms with Gasteiger partial charge in [-0.15, -0.1) is 0 Å². The zero-order valence-corrected chi connectivity index (χ0v) is 10.4. The van der Waals surface area contributed by atoms with Gasteiger partial charge in [0.25, 0.3) is 0 Å². The fourth-order valence-electron chi connectivity index (χ4n) is 2.10. The number of carbonyl (C=O) groups excluding carboxylic acids is 1. The van der Waals surface area contributed by atoms with Gasteiger partial charge in [-0.2, -0.15) is 5.10 Å². The van der Waals surface area contributed by atoms with Crippen LogP contribution < -0.4 is 4.74 Å². The van der Waals surface area contributed by atoms with Crippen LogP contribution in [0.1, 0.15) is 16.1 Å². The van der Waals surface area contributed by atoms with Gasteiger partial charge in [0.1, 0.15) is 11.4 Å². The van der Waals surface area contributed by atoms with E-state index in [9.17, 15) is 4.79 Å². The third kappa shape index (κ3) is 1.87. The van der Waals surface area contributed by atoms with Crippen molar-refractivity contribution in [1.82, 2.24) is 10.2 Å². The van der Waals surface area contributed by atoms with Crippen LogP contribution >= 0.6 is 0 Å². The van der Waals surface area contributed by atoms with E-state index in [2.05, 4.69) is 10.2 Å². The zero-order valence-electron chi connectivity index (χ0n) is 10.4. The molecule has 0 spiro atoms. The molecule has 0 bridgehead atoms. The van der Waals surface area contributed by atoms with E-state index in [1.807, 2.05) is 36.4 Å². The average Bonchev–Trinajstić information content (AvgIpc) is 2.90. The molecule has 19 heavy (non-hydrogen) atoms. The highest BCUT2D eigenvalue weighted by Crippen LogP contribution is 2.24. The van der Waals surface area contributed by atoms with Crippen molar-refractivity contribution in [3.05, 3.63) is 59.8 Å². The van der Waals surface area contributed by atoms with Crippen molar-refractivity contribution in [2.24, 2.45) is 0 Å². The first-order chi connectivity index (χ1) is 9.31. The maximum atomic E-state index is 12.5. The number of aromatic amines is 1. The van der Waals surface area contributed by atoms with Gasteiger partial charge in [-0.25, -0.2) is 0 Å². The fourth-order valence-corrected chi connectivity index (χ4v) is 2.10. The predicted molar refractivity (Wildman–Crippen MR) is 72.5 cm³/mol. The highest BCUT2D eigenvalue weighted by molar-refractivity contribution is 6.15. The van der Waals surface area contributed by atoms with Crippen LogP contribution in [-0.2, 0) is 0 Å². The molecule has 1 N–H and O–H groups in total. The summed E-state index contributed by atoms with van der Waals surface area (Å²) in [5.41, 5.74) is 1.78. The van der Waals surface area contributed by atoms with E-state index in [1.54, 1.807) is 19.2 Å². The Balaban J connectivity index is 2.14. The lowest BCUT2D eigenvalue weighted by Gasteiger charge is -2.05. The van der Waals surface area contributed by atoms with E-state index < -0.39 is 0 Å². The average molecular weight is 252 g/mol. The van der Waals surface area contributed by atoms with Crippen LogP contribution in [0.5, 0.6) is 5.75 Å². The van der Waals surface area contributed by atoms with Crippen molar-refractivity contribution in [2.45, 2.75) is 0 Å². The normalized spacial score (nSPS) is 10.6. The molecule has 94 valence electrons. The van der Waals surface area contributed by atoms with Gasteiger partial charge in [-0.3, -0.25) is 9.89 Å². The molecule has 4 heteroatoms. The molecular weight excluding hydrogens is 240 g/mol. The van der Waals surface area contributed by atoms with Gasteiger partial charge in [0.15, 0.2) is 0 Å². The van der Waals surface area contributed by atoms with Crippen molar-refractivity contribution in [1.29, 1.82) is 0 Å². The van der Waals surface area contributed by atoms with E-state index in [0.29, 0.717) is 17.0 Å². The number of benzene rings is 2. The minimum Gasteiger partial charge on any atom is -0.496 e. The van der Waals surface area contributed by atoms with Crippen LogP contribution in [0, 0.1) is 0 Å². The lowest BCUT2D eigenvalue weighted by molar-refractivity contribution is 0.103. The predicted octanol–water partition coefficient (Wildman–Crippen LogP) is 2.80. The van der Waals surface area contributed by atoms with Crippen LogP contribution in [0.15, 0.2) is 48.5 Å². The van der Waals surface area contributed by atoms with Crippen molar-refractivity contribution in [3.8, 4) is 5.75 Å². The summed E-state index contributed by atoms with van der Waals surface area (Å²) >= 11 is 0. The first-order valence-corrected chi connectivity index (χ1v) is 5.92. The summed E-state index contributed by atoms with van der Waals surface area (Å²) in [5.74, 6) is 0.412. The van der Waals surface area contributed by atoms with Crippen molar-refractivity contribution >= 4 is 16.7 Å². The number of fused-ring (bicyclic) bond motifs is 1. The Morgan fingerprint density at radius 2 is 1.84 bits per heavy atom. The summed E-state index contributed by atoms with van der Waals surface area (Å²) < 4.78 is 5.22. The molecule has 1 heterocycles. The van der Waals surface area contributed by atoms with Crippen LogP contribution in [0.25, 0.3) is 10.9 Å². The molecule has 2 aromatic carbocycles. The molecule has 4 nitrogen and oxygen atoms in total. The Bertz CT molecular complexity index is 746. The SMILES string of the molecule is COc1ccccc1C(=O)c1n[nH]c2ccccc12. The molecule has 3 aromatic rings. The first kappa shape index (κ1) is 11.5. The Kier molecular flexibility index (Phi) is 2.76. The van der Waals surface area contributed by atoms with Gasteiger partial charge in [0.05, 0.1) is 18.2 Å². The summed E-state index contributed by atoms with van der Waals surface area (Å²) in [6.45, 7) is 0. The lowest BCUT2D eigenvalue weighted by atomic mass is 10.0. The number of rotatable bonds is 3. The Hall–Kier alpha value is -2.62. The molecule has 1 aromatic heterocycles. The fraction of sp³-hybridized carbons (Fsp3) is 0.0667. The molecule has 0 radical (unpaired) electrons. The molecule has 0 fully saturated rings. The number of carbonyl (C=O) groups is 1. The van der Waals surface area contributed by atoms with E-state index in [-0.39, 0.29) is 5.78 Å². The molecule has 0 aliphatic rings.